The first-order valence-corrected chi connectivity index (χ1v) is 10.4. The maximum atomic E-state index is 4.52. The lowest BCUT2D eigenvalue weighted by Gasteiger charge is -2.22. The van der Waals surface area contributed by atoms with Crippen molar-refractivity contribution in [2.45, 2.75) is 51.5 Å². The first-order valence-electron chi connectivity index (χ1n) is 9.57. The number of aromatic nitrogens is 2. The van der Waals surface area contributed by atoms with Gasteiger partial charge in [0.05, 0.1) is 5.69 Å². The van der Waals surface area contributed by atoms with Crippen LogP contribution in [0.4, 0.5) is 0 Å². The molecular weight excluding hydrogens is 529 g/mol. The Morgan fingerprint density at radius 2 is 2.07 bits per heavy atom. The Morgan fingerprint density at radius 3 is 2.61 bits per heavy atom. The highest BCUT2D eigenvalue weighted by Gasteiger charge is 2.44. The third-order valence-corrected chi connectivity index (χ3v) is 6.15. The van der Waals surface area contributed by atoms with Crippen molar-refractivity contribution < 1.29 is 0 Å². The predicted octanol–water partition coefficient (Wildman–Crippen LogP) is 4.25. The van der Waals surface area contributed by atoms with Gasteiger partial charge in [-0.3, -0.25) is 9.67 Å². The molecule has 1 unspecified atom stereocenters. The molecule has 0 amide bonds. The summed E-state index contributed by atoms with van der Waals surface area (Å²) in [5.74, 6) is 0.864. The van der Waals surface area contributed by atoms with Crippen LogP contribution in [0.1, 0.15) is 42.3 Å². The van der Waals surface area contributed by atoms with E-state index in [2.05, 4.69) is 81.7 Å². The number of hydrogen-bond acceptors (Lipinski definition) is 2. The van der Waals surface area contributed by atoms with E-state index in [0.29, 0.717) is 0 Å². The van der Waals surface area contributed by atoms with Gasteiger partial charge in [-0.05, 0) is 63.3 Å². The van der Waals surface area contributed by atoms with Gasteiger partial charge in [0.25, 0.3) is 0 Å². The van der Waals surface area contributed by atoms with Crippen molar-refractivity contribution in [3.05, 3.63) is 51.3 Å². The summed E-state index contributed by atoms with van der Waals surface area (Å²) in [6.07, 6.45) is 3.37. The highest BCUT2D eigenvalue weighted by atomic mass is 127. The smallest absolute Gasteiger partial charge is 0.191 e. The lowest BCUT2D eigenvalue weighted by Crippen LogP contribution is -2.45. The molecule has 1 aromatic heterocycles. The van der Waals surface area contributed by atoms with Crippen molar-refractivity contribution in [2.24, 2.45) is 12.0 Å². The normalized spacial score (nSPS) is 16.3. The lowest BCUT2D eigenvalue weighted by atomic mass is 9.96. The molecule has 2 aromatic rings. The van der Waals surface area contributed by atoms with Gasteiger partial charge in [0.15, 0.2) is 5.96 Å². The Kier molecular flexibility index (Phi) is 7.96. The second kappa shape index (κ2) is 9.61. The van der Waals surface area contributed by atoms with E-state index in [0.717, 1.165) is 29.1 Å². The molecule has 1 aliphatic rings. The van der Waals surface area contributed by atoms with Gasteiger partial charge in [0.2, 0.25) is 0 Å². The molecule has 1 heterocycles. The molecule has 5 nitrogen and oxygen atoms in total. The highest BCUT2D eigenvalue weighted by Crippen LogP contribution is 2.48. The summed E-state index contributed by atoms with van der Waals surface area (Å²) >= 11 is 3.59. The number of halogens is 2. The molecule has 1 aliphatic carbocycles. The fraction of sp³-hybridized carbons (Fsp3) is 0.524. The van der Waals surface area contributed by atoms with Gasteiger partial charge in [-0.2, -0.15) is 5.10 Å². The van der Waals surface area contributed by atoms with E-state index < -0.39 is 0 Å². The second-order valence-corrected chi connectivity index (χ2v) is 8.65. The maximum Gasteiger partial charge on any atom is 0.191 e. The van der Waals surface area contributed by atoms with E-state index in [1.807, 2.05) is 18.8 Å². The Bertz CT molecular complexity index is 841. The van der Waals surface area contributed by atoms with E-state index >= 15 is 0 Å². The SMILES string of the molecule is CN=C(NCC1(c2cccc(Br)c2)CC1)NC(C)Cc1c(C)nn(C)c1C.I. The summed E-state index contributed by atoms with van der Waals surface area (Å²) in [5, 5.41) is 11.6. The molecule has 0 spiro atoms. The van der Waals surface area contributed by atoms with Crippen LogP contribution in [0.25, 0.3) is 0 Å². The molecule has 154 valence electrons. The van der Waals surface area contributed by atoms with Gasteiger partial charge in [0, 0.05) is 42.3 Å². The Balaban J connectivity index is 0.00000280. The zero-order valence-electron chi connectivity index (χ0n) is 17.3. The molecule has 1 aromatic carbocycles. The van der Waals surface area contributed by atoms with Gasteiger partial charge >= 0.3 is 0 Å². The van der Waals surface area contributed by atoms with Crippen LogP contribution in [0.5, 0.6) is 0 Å². The third kappa shape index (κ3) is 5.28. The minimum Gasteiger partial charge on any atom is -0.356 e. The molecule has 7 heteroatoms. The monoisotopic (exact) mass is 559 g/mol. The van der Waals surface area contributed by atoms with E-state index in [1.54, 1.807) is 0 Å². The van der Waals surface area contributed by atoms with E-state index in [-0.39, 0.29) is 35.4 Å². The molecular formula is C21H31BrIN5. The molecule has 1 saturated carbocycles. The minimum absolute atomic E-state index is 0. The Labute approximate surface area is 193 Å². The number of nitrogens with zero attached hydrogens (tertiary/aromatic N) is 3. The van der Waals surface area contributed by atoms with E-state index in [9.17, 15) is 0 Å². The molecule has 0 radical (unpaired) electrons. The van der Waals surface area contributed by atoms with E-state index in [4.69, 9.17) is 0 Å². The van der Waals surface area contributed by atoms with Crippen molar-refractivity contribution >= 4 is 45.9 Å². The number of aliphatic imine (C=N–C) groups is 1. The largest absolute Gasteiger partial charge is 0.356 e. The van der Waals surface area contributed by atoms with Crippen molar-refractivity contribution in [2.75, 3.05) is 13.6 Å². The standard InChI is InChI=1S/C21H30BrN5.HI/c1-14(11-19-15(2)26-27(5)16(19)3)25-20(23-4)24-13-21(9-10-21)17-7-6-8-18(22)12-17;/h6-8,12,14H,9-11,13H2,1-5H3,(H2,23,24,25);1H. The Morgan fingerprint density at radius 1 is 1.36 bits per heavy atom. The molecule has 3 rings (SSSR count). The molecule has 28 heavy (non-hydrogen) atoms. The zero-order chi connectivity index (χ0) is 19.6. The van der Waals surface area contributed by atoms with E-state index in [1.165, 1.54) is 29.7 Å². The second-order valence-electron chi connectivity index (χ2n) is 7.74. The quantitative estimate of drug-likeness (QED) is 0.316. The summed E-state index contributed by atoms with van der Waals surface area (Å²) in [7, 11) is 3.84. The summed E-state index contributed by atoms with van der Waals surface area (Å²) in [5.41, 5.74) is 5.30. The average Bonchev–Trinajstić information content (AvgIpc) is 3.39. The van der Waals surface area contributed by atoms with Crippen LogP contribution in [0.2, 0.25) is 0 Å². The summed E-state index contributed by atoms with van der Waals surface area (Å²) in [4.78, 5) is 4.43. The summed E-state index contributed by atoms with van der Waals surface area (Å²) in [6.45, 7) is 7.31. The fourth-order valence-electron chi connectivity index (χ4n) is 3.69. The van der Waals surface area contributed by atoms with Crippen molar-refractivity contribution in [3.63, 3.8) is 0 Å². The van der Waals surface area contributed by atoms with Crippen LogP contribution in [0.3, 0.4) is 0 Å². The summed E-state index contributed by atoms with van der Waals surface area (Å²) in [6, 6.07) is 8.94. The third-order valence-electron chi connectivity index (χ3n) is 5.66. The van der Waals surface area contributed by atoms with Crippen molar-refractivity contribution in [1.29, 1.82) is 0 Å². The van der Waals surface area contributed by atoms with Crippen LogP contribution in [0, 0.1) is 13.8 Å². The van der Waals surface area contributed by atoms with Gasteiger partial charge in [-0.1, -0.05) is 28.1 Å². The number of aryl methyl sites for hydroxylation is 2. The average molecular weight is 560 g/mol. The lowest BCUT2D eigenvalue weighted by molar-refractivity contribution is 0.607. The van der Waals surface area contributed by atoms with Crippen LogP contribution in [0.15, 0.2) is 33.7 Å². The van der Waals surface area contributed by atoms with Gasteiger partial charge in [0.1, 0.15) is 0 Å². The molecule has 2 N–H and O–H groups in total. The number of benzene rings is 1. The van der Waals surface area contributed by atoms with Gasteiger partial charge in [-0.15, -0.1) is 24.0 Å². The fourth-order valence-corrected chi connectivity index (χ4v) is 4.09. The number of rotatable bonds is 6. The summed E-state index contributed by atoms with van der Waals surface area (Å²) < 4.78 is 3.10. The first-order chi connectivity index (χ1) is 12.8. The number of guanidine groups is 1. The molecule has 0 saturated heterocycles. The van der Waals surface area contributed by atoms with Crippen LogP contribution in [-0.2, 0) is 18.9 Å². The van der Waals surface area contributed by atoms with Crippen molar-refractivity contribution in [1.82, 2.24) is 20.4 Å². The predicted molar refractivity (Wildman–Crippen MR) is 131 cm³/mol. The van der Waals surface area contributed by atoms with Gasteiger partial charge in [-0.25, -0.2) is 0 Å². The van der Waals surface area contributed by atoms with Crippen LogP contribution >= 0.6 is 39.9 Å². The highest BCUT2D eigenvalue weighted by molar-refractivity contribution is 14.0. The number of nitrogens with one attached hydrogen (secondary N) is 2. The minimum atomic E-state index is 0. The molecule has 0 bridgehead atoms. The maximum absolute atomic E-state index is 4.52. The Hall–Kier alpha value is -1.09. The number of hydrogen-bond donors (Lipinski definition) is 2. The van der Waals surface area contributed by atoms with Gasteiger partial charge < -0.3 is 10.6 Å². The van der Waals surface area contributed by atoms with Crippen molar-refractivity contribution in [3.8, 4) is 0 Å². The molecule has 0 aliphatic heterocycles. The first kappa shape index (κ1) is 23.2. The zero-order valence-corrected chi connectivity index (χ0v) is 21.3. The van der Waals surface area contributed by atoms with Crippen LogP contribution in [-0.4, -0.2) is 35.4 Å². The van der Waals surface area contributed by atoms with Crippen LogP contribution < -0.4 is 10.6 Å². The molecule has 1 atom stereocenters. The topological polar surface area (TPSA) is 54.2 Å². The molecule has 1 fully saturated rings.